The van der Waals surface area contributed by atoms with Gasteiger partial charge in [0.05, 0.1) is 6.04 Å². The highest BCUT2D eigenvalue weighted by Gasteiger charge is 2.37. The molecular formula is C15H15NO2. The van der Waals surface area contributed by atoms with Gasteiger partial charge in [-0.05, 0) is 24.5 Å². The van der Waals surface area contributed by atoms with Crippen LogP contribution in [-0.4, -0.2) is 16.6 Å². The number of amides is 1. The summed E-state index contributed by atoms with van der Waals surface area (Å²) in [7, 11) is 0. The zero-order valence-corrected chi connectivity index (χ0v) is 10.1. The van der Waals surface area contributed by atoms with Crippen LogP contribution in [0.5, 0.6) is 0 Å². The summed E-state index contributed by atoms with van der Waals surface area (Å²) in [6.45, 7) is 0. The molecule has 0 aromatic heterocycles. The molecule has 2 aliphatic rings. The van der Waals surface area contributed by atoms with Crippen molar-refractivity contribution in [2.75, 3.05) is 0 Å². The van der Waals surface area contributed by atoms with Crippen molar-refractivity contribution in [3.63, 3.8) is 0 Å². The Hall–Kier alpha value is -1.90. The van der Waals surface area contributed by atoms with Gasteiger partial charge in [-0.3, -0.25) is 9.59 Å². The van der Waals surface area contributed by atoms with Crippen molar-refractivity contribution in [3.8, 4) is 0 Å². The number of ketones is 1. The normalized spacial score (nSPS) is 23.2. The maximum Gasteiger partial charge on any atom is 0.230 e. The Morgan fingerprint density at radius 2 is 1.89 bits per heavy atom. The summed E-state index contributed by atoms with van der Waals surface area (Å²) in [5.74, 6) is 0.422. The fourth-order valence-corrected chi connectivity index (χ4v) is 2.35. The second kappa shape index (κ2) is 4.41. The lowest BCUT2D eigenvalue weighted by Crippen LogP contribution is -2.35. The Kier molecular flexibility index (Phi) is 2.74. The van der Waals surface area contributed by atoms with Crippen LogP contribution in [0, 0.1) is 5.92 Å². The largest absolute Gasteiger partial charge is 0.311 e. The molecule has 1 unspecified atom stereocenters. The summed E-state index contributed by atoms with van der Waals surface area (Å²) in [5.41, 5.74) is 1.03. The number of carbonyl (C=O) groups is 2. The first-order valence-electron chi connectivity index (χ1n) is 6.34. The molecule has 1 atom stereocenters. The van der Waals surface area contributed by atoms with Gasteiger partial charge in [-0.2, -0.15) is 0 Å². The van der Waals surface area contributed by atoms with E-state index in [9.17, 15) is 9.59 Å². The molecule has 3 nitrogen and oxygen atoms in total. The Balaban J connectivity index is 1.91. The zero-order valence-electron chi connectivity index (χ0n) is 10.1. The van der Waals surface area contributed by atoms with E-state index in [1.54, 1.807) is 11.1 Å². The van der Waals surface area contributed by atoms with Crippen molar-refractivity contribution in [2.24, 2.45) is 5.92 Å². The molecule has 0 bridgehead atoms. The standard InChI is InChI=1S/C15H15NO2/c17-13-8-9-16(15(18)12-6-7-12)14(10-13)11-4-2-1-3-5-11/h1-5,8-9,12,14H,6-7,10H2. The van der Waals surface area contributed by atoms with Gasteiger partial charge in [0.2, 0.25) is 5.91 Å². The summed E-state index contributed by atoms with van der Waals surface area (Å²) in [4.78, 5) is 25.5. The predicted molar refractivity (Wildman–Crippen MR) is 67.5 cm³/mol. The molecule has 3 rings (SSSR count). The molecule has 1 fully saturated rings. The Morgan fingerprint density at radius 3 is 2.56 bits per heavy atom. The molecule has 1 aromatic rings. The first kappa shape index (κ1) is 11.2. The van der Waals surface area contributed by atoms with Crippen LogP contribution in [0.2, 0.25) is 0 Å². The number of rotatable bonds is 2. The summed E-state index contributed by atoms with van der Waals surface area (Å²) >= 11 is 0. The van der Waals surface area contributed by atoms with Crippen LogP contribution < -0.4 is 0 Å². The molecule has 1 amide bonds. The minimum absolute atomic E-state index is 0.0868. The van der Waals surface area contributed by atoms with E-state index in [1.165, 1.54) is 6.08 Å². The topological polar surface area (TPSA) is 37.4 Å². The zero-order chi connectivity index (χ0) is 12.5. The SMILES string of the molecule is O=C1C=CN(C(=O)C2CC2)C(c2ccccc2)C1. The summed E-state index contributed by atoms with van der Waals surface area (Å²) < 4.78 is 0. The van der Waals surface area contributed by atoms with E-state index in [2.05, 4.69) is 0 Å². The van der Waals surface area contributed by atoms with Gasteiger partial charge in [0, 0.05) is 18.5 Å². The molecule has 1 aliphatic heterocycles. The van der Waals surface area contributed by atoms with Crippen molar-refractivity contribution >= 4 is 11.7 Å². The van der Waals surface area contributed by atoms with Crippen molar-refractivity contribution in [1.82, 2.24) is 4.90 Å². The van der Waals surface area contributed by atoms with Crippen molar-refractivity contribution in [2.45, 2.75) is 25.3 Å². The lowest BCUT2D eigenvalue weighted by Gasteiger charge is -2.31. The molecule has 0 radical (unpaired) electrons. The van der Waals surface area contributed by atoms with Gasteiger partial charge < -0.3 is 4.90 Å². The number of hydrogen-bond donors (Lipinski definition) is 0. The van der Waals surface area contributed by atoms with Gasteiger partial charge in [-0.1, -0.05) is 30.3 Å². The molecular weight excluding hydrogens is 226 g/mol. The van der Waals surface area contributed by atoms with E-state index in [-0.39, 0.29) is 23.7 Å². The number of carbonyl (C=O) groups excluding carboxylic acids is 2. The quantitative estimate of drug-likeness (QED) is 0.797. The molecule has 1 saturated carbocycles. The first-order valence-corrected chi connectivity index (χ1v) is 6.34. The predicted octanol–water partition coefficient (Wildman–Crippen LogP) is 2.45. The number of benzene rings is 1. The maximum absolute atomic E-state index is 12.2. The third kappa shape index (κ3) is 2.08. The van der Waals surface area contributed by atoms with Crippen molar-refractivity contribution in [1.29, 1.82) is 0 Å². The average molecular weight is 241 g/mol. The maximum atomic E-state index is 12.2. The van der Waals surface area contributed by atoms with Gasteiger partial charge >= 0.3 is 0 Å². The fraction of sp³-hybridized carbons (Fsp3) is 0.333. The van der Waals surface area contributed by atoms with Crippen LogP contribution in [0.25, 0.3) is 0 Å². The molecule has 1 aliphatic carbocycles. The van der Waals surface area contributed by atoms with Crippen molar-refractivity contribution in [3.05, 3.63) is 48.2 Å². The lowest BCUT2D eigenvalue weighted by atomic mass is 9.97. The minimum atomic E-state index is -0.128. The molecule has 1 heterocycles. The highest BCUT2D eigenvalue weighted by atomic mass is 16.2. The van der Waals surface area contributed by atoms with E-state index >= 15 is 0 Å². The smallest absolute Gasteiger partial charge is 0.230 e. The summed E-state index contributed by atoms with van der Waals surface area (Å²) in [5, 5.41) is 0. The average Bonchev–Trinajstić information content (AvgIpc) is 3.23. The lowest BCUT2D eigenvalue weighted by molar-refractivity contribution is -0.133. The second-order valence-electron chi connectivity index (χ2n) is 4.93. The van der Waals surface area contributed by atoms with Crippen LogP contribution >= 0.6 is 0 Å². The number of allylic oxidation sites excluding steroid dienone is 1. The van der Waals surface area contributed by atoms with E-state index < -0.39 is 0 Å². The Bertz CT molecular complexity index is 502. The van der Waals surface area contributed by atoms with Crippen molar-refractivity contribution < 1.29 is 9.59 Å². The van der Waals surface area contributed by atoms with Crippen LogP contribution in [0.1, 0.15) is 30.9 Å². The van der Waals surface area contributed by atoms with E-state index in [0.717, 1.165) is 18.4 Å². The summed E-state index contributed by atoms with van der Waals surface area (Å²) in [6.07, 6.45) is 5.53. The highest BCUT2D eigenvalue weighted by molar-refractivity contribution is 5.93. The third-order valence-electron chi connectivity index (χ3n) is 3.52. The van der Waals surface area contributed by atoms with Gasteiger partial charge in [-0.15, -0.1) is 0 Å². The van der Waals surface area contributed by atoms with Crippen LogP contribution in [0.15, 0.2) is 42.6 Å². The second-order valence-corrected chi connectivity index (χ2v) is 4.93. The van der Waals surface area contributed by atoms with E-state index in [1.807, 2.05) is 30.3 Å². The van der Waals surface area contributed by atoms with Crippen LogP contribution in [-0.2, 0) is 9.59 Å². The van der Waals surface area contributed by atoms with Gasteiger partial charge in [0.15, 0.2) is 5.78 Å². The molecule has 0 spiro atoms. The van der Waals surface area contributed by atoms with Gasteiger partial charge in [-0.25, -0.2) is 0 Å². The number of nitrogens with zero attached hydrogens (tertiary/aromatic N) is 1. The molecule has 1 aromatic carbocycles. The fourth-order valence-electron chi connectivity index (χ4n) is 2.35. The molecule has 0 saturated heterocycles. The van der Waals surface area contributed by atoms with Crippen LogP contribution in [0.3, 0.4) is 0 Å². The van der Waals surface area contributed by atoms with Gasteiger partial charge in [0.25, 0.3) is 0 Å². The Labute approximate surface area is 106 Å². The Morgan fingerprint density at radius 1 is 1.17 bits per heavy atom. The van der Waals surface area contributed by atoms with E-state index in [4.69, 9.17) is 0 Å². The monoisotopic (exact) mass is 241 g/mol. The molecule has 3 heteroatoms. The summed E-state index contributed by atoms with van der Waals surface area (Å²) in [6, 6.07) is 9.65. The van der Waals surface area contributed by atoms with Crippen LogP contribution in [0.4, 0.5) is 0 Å². The number of hydrogen-bond acceptors (Lipinski definition) is 2. The first-order chi connectivity index (χ1) is 8.75. The molecule has 18 heavy (non-hydrogen) atoms. The van der Waals surface area contributed by atoms with E-state index in [0.29, 0.717) is 6.42 Å². The highest BCUT2D eigenvalue weighted by Crippen LogP contribution is 2.36. The van der Waals surface area contributed by atoms with Gasteiger partial charge in [0.1, 0.15) is 0 Å². The third-order valence-corrected chi connectivity index (χ3v) is 3.52. The molecule has 0 N–H and O–H groups in total. The molecule has 92 valence electrons. The minimum Gasteiger partial charge on any atom is -0.311 e.